The highest BCUT2D eigenvalue weighted by Crippen LogP contribution is 2.26. The average Bonchev–Trinajstić information content (AvgIpc) is 2.53. The lowest BCUT2D eigenvalue weighted by Crippen LogP contribution is -1.98. The maximum atomic E-state index is 11.8. The number of aromatic nitrogens is 1. The van der Waals surface area contributed by atoms with Crippen LogP contribution in [0.4, 0.5) is 0 Å². The summed E-state index contributed by atoms with van der Waals surface area (Å²) in [6.45, 7) is 1.85. The number of aryl methyl sites for hydroxylation is 1. The third-order valence-corrected chi connectivity index (χ3v) is 2.96. The van der Waals surface area contributed by atoms with Gasteiger partial charge in [0.15, 0.2) is 5.78 Å². The Morgan fingerprint density at radius 3 is 3.00 bits per heavy atom. The lowest BCUT2D eigenvalue weighted by Gasteiger charge is -1.96. The Kier molecular flexibility index (Phi) is 2.80. The second kappa shape index (κ2) is 4.11. The summed E-state index contributed by atoms with van der Waals surface area (Å²) in [5, 5.41) is 9.43. The van der Waals surface area contributed by atoms with E-state index in [1.54, 1.807) is 0 Å². The van der Waals surface area contributed by atoms with E-state index >= 15 is 0 Å². The van der Waals surface area contributed by atoms with Gasteiger partial charge in [0.2, 0.25) is 0 Å². The first-order valence-corrected chi connectivity index (χ1v) is 5.60. The van der Waals surface area contributed by atoms with Crippen molar-refractivity contribution in [2.45, 2.75) is 13.3 Å². The summed E-state index contributed by atoms with van der Waals surface area (Å²) in [4.78, 5) is 14.9. The molecule has 0 aliphatic carbocycles. The van der Waals surface area contributed by atoms with E-state index in [2.05, 4.69) is 20.9 Å². The largest absolute Gasteiger partial charge is 0.358 e. The number of carbonyl (C=O) groups excluding carboxylic acids is 1. The molecule has 0 saturated carbocycles. The minimum Gasteiger partial charge on any atom is -0.358 e. The Balaban J connectivity index is 2.66. The number of halogens is 1. The van der Waals surface area contributed by atoms with E-state index in [0.29, 0.717) is 5.56 Å². The van der Waals surface area contributed by atoms with Crippen LogP contribution in [0.2, 0.25) is 0 Å². The van der Waals surface area contributed by atoms with Gasteiger partial charge < -0.3 is 4.98 Å². The summed E-state index contributed by atoms with van der Waals surface area (Å²) < 4.78 is 0.959. The van der Waals surface area contributed by atoms with Crippen molar-refractivity contribution in [2.75, 3.05) is 0 Å². The Bertz CT molecular complexity index is 607. The average molecular weight is 277 g/mol. The maximum absolute atomic E-state index is 11.8. The van der Waals surface area contributed by atoms with Gasteiger partial charge in [-0.15, -0.1) is 0 Å². The fourth-order valence-corrected chi connectivity index (χ4v) is 2.19. The fourth-order valence-electron chi connectivity index (χ4n) is 1.82. The first-order chi connectivity index (χ1) is 7.63. The number of hydrogen-bond donors (Lipinski definition) is 1. The zero-order valence-corrected chi connectivity index (χ0v) is 10.3. The summed E-state index contributed by atoms with van der Waals surface area (Å²) >= 11 is 3.38. The lowest BCUT2D eigenvalue weighted by atomic mass is 10.1. The molecule has 0 spiro atoms. The fraction of sp³-hybridized carbons (Fsp3) is 0.167. The van der Waals surface area contributed by atoms with Gasteiger partial charge in [0.05, 0.1) is 12.5 Å². The van der Waals surface area contributed by atoms with Crippen LogP contribution in [-0.2, 0) is 0 Å². The summed E-state index contributed by atoms with van der Waals surface area (Å²) in [5.41, 5.74) is 2.35. The number of nitrogens with one attached hydrogen (secondary N) is 1. The minimum absolute atomic E-state index is 0.0795. The van der Waals surface area contributed by atoms with Gasteiger partial charge in [-0.2, -0.15) is 5.26 Å². The number of fused-ring (bicyclic) bond motifs is 1. The van der Waals surface area contributed by atoms with E-state index in [1.165, 1.54) is 0 Å². The topological polar surface area (TPSA) is 56.6 Å². The van der Waals surface area contributed by atoms with Crippen LogP contribution < -0.4 is 0 Å². The van der Waals surface area contributed by atoms with Gasteiger partial charge >= 0.3 is 0 Å². The molecule has 2 rings (SSSR count). The number of H-pyrrole nitrogens is 1. The predicted molar refractivity (Wildman–Crippen MR) is 65.3 cm³/mol. The molecule has 80 valence electrons. The Morgan fingerprint density at radius 1 is 1.56 bits per heavy atom. The molecule has 0 unspecified atom stereocenters. The normalized spacial score (nSPS) is 10.3. The standard InChI is InChI=1S/C12H9BrN2O/c1-7-12(11(16)4-5-14)9-3-2-8(13)6-10(9)15-7/h2-3,6,15H,4H2,1H3. The lowest BCUT2D eigenvalue weighted by molar-refractivity contribution is 0.0999. The van der Waals surface area contributed by atoms with E-state index < -0.39 is 0 Å². The molecule has 16 heavy (non-hydrogen) atoms. The Hall–Kier alpha value is -1.60. The third kappa shape index (κ3) is 1.74. The molecule has 0 amide bonds. The number of nitriles is 1. The van der Waals surface area contributed by atoms with E-state index in [9.17, 15) is 4.79 Å². The molecule has 0 aliphatic heterocycles. The van der Waals surface area contributed by atoms with Crippen LogP contribution in [0.25, 0.3) is 10.9 Å². The zero-order valence-electron chi connectivity index (χ0n) is 8.67. The first kappa shape index (κ1) is 10.9. The Morgan fingerprint density at radius 2 is 2.31 bits per heavy atom. The number of aromatic amines is 1. The van der Waals surface area contributed by atoms with Crippen molar-refractivity contribution in [3.8, 4) is 6.07 Å². The molecule has 1 N–H and O–H groups in total. The van der Waals surface area contributed by atoms with E-state index in [0.717, 1.165) is 21.1 Å². The van der Waals surface area contributed by atoms with Crippen LogP contribution in [-0.4, -0.2) is 10.8 Å². The number of ketones is 1. The highest BCUT2D eigenvalue weighted by molar-refractivity contribution is 9.10. The van der Waals surface area contributed by atoms with E-state index in [4.69, 9.17) is 5.26 Å². The van der Waals surface area contributed by atoms with Gasteiger partial charge in [-0.3, -0.25) is 4.79 Å². The molecule has 0 bridgehead atoms. The summed E-state index contributed by atoms with van der Waals surface area (Å²) in [5.74, 6) is -0.131. The predicted octanol–water partition coefficient (Wildman–Crippen LogP) is 3.34. The molecule has 1 aromatic carbocycles. The number of benzene rings is 1. The molecule has 1 aromatic heterocycles. The molecule has 0 aliphatic rings. The van der Waals surface area contributed by atoms with Gasteiger partial charge in [-0.05, 0) is 19.1 Å². The molecule has 2 aromatic rings. The highest BCUT2D eigenvalue weighted by Gasteiger charge is 2.15. The van der Waals surface area contributed by atoms with Crippen molar-refractivity contribution in [3.63, 3.8) is 0 Å². The van der Waals surface area contributed by atoms with Crippen LogP contribution in [0.5, 0.6) is 0 Å². The van der Waals surface area contributed by atoms with Crippen molar-refractivity contribution in [1.29, 1.82) is 5.26 Å². The maximum Gasteiger partial charge on any atom is 0.179 e. The van der Waals surface area contributed by atoms with E-state index in [1.807, 2.05) is 31.2 Å². The van der Waals surface area contributed by atoms with Crippen molar-refractivity contribution in [3.05, 3.63) is 33.9 Å². The van der Waals surface area contributed by atoms with Crippen molar-refractivity contribution in [2.24, 2.45) is 0 Å². The quantitative estimate of drug-likeness (QED) is 0.856. The van der Waals surface area contributed by atoms with Gasteiger partial charge in [0.1, 0.15) is 0 Å². The molecular formula is C12H9BrN2O. The number of carbonyl (C=O) groups is 1. The second-order valence-electron chi connectivity index (χ2n) is 3.57. The minimum atomic E-state index is -0.131. The SMILES string of the molecule is Cc1[nH]c2cc(Br)ccc2c1C(=O)CC#N. The van der Waals surface area contributed by atoms with Gasteiger partial charge in [0, 0.05) is 26.6 Å². The highest BCUT2D eigenvalue weighted by atomic mass is 79.9. The van der Waals surface area contributed by atoms with Crippen LogP contribution in [0.1, 0.15) is 22.5 Å². The van der Waals surface area contributed by atoms with Crippen molar-refractivity contribution >= 4 is 32.6 Å². The molecule has 0 saturated heterocycles. The summed E-state index contributed by atoms with van der Waals surface area (Å²) in [6, 6.07) is 7.58. The second-order valence-corrected chi connectivity index (χ2v) is 4.49. The molecule has 0 atom stereocenters. The van der Waals surface area contributed by atoms with Crippen LogP contribution in [0.15, 0.2) is 22.7 Å². The smallest absolute Gasteiger partial charge is 0.179 e. The van der Waals surface area contributed by atoms with Crippen LogP contribution in [0.3, 0.4) is 0 Å². The number of Topliss-reactive ketones (excluding diaryl/α,β-unsaturated/α-hetero) is 1. The summed E-state index contributed by atoms with van der Waals surface area (Å²) in [7, 11) is 0. The Labute approximate surface area is 101 Å². The van der Waals surface area contributed by atoms with E-state index in [-0.39, 0.29) is 12.2 Å². The van der Waals surface area contributed by atoms with Crippen molar-refractivity contribution < 1.29 is 4.79 Å². The summed E-state index contributed by atoms with van der Waals surface area (Å²) in [6.07, 6.45) is -0.0795. The first-order valence-electron chi connectivity index (χ1n) is 4.81. The number of nitrogens with zero attached hydrogens (tertiary/aromatic N) is 1. The van der Waals surface area contributed by atoms with Crippen LogP contribution >= 0.6 is 15.9 Å². The molecule has 4 heteroatoms. The van der Waals surface area contributed by atoms with Crippen molar-refractivity contribution in [1.82, 2.24) is 4.98 Å². The zero-order chi connectivity index (χ0) is 11.7. The number of hydrogen-bond acceptors (Lipinski definition) is 2. The van der Waals surface area contributed by atoms with Gasteiger partial charge in [-0.25, -0.2) is 0 Å². The molecule has 0 fully saturated rings. The molecule has 3 nitrogen and oxygen atoms in total. The molecular weight excluding hydrogens is 268 g/mol. The van der Waals surface area contributed by atoms with Crippen LogP contribution in [0, 0.1) is 18.3 Å². The van der Waals surface area contributed by atoms with Gasteiger partial charge in [0.25, 0.3) is 0 Å². The molecule has 0 radical (unpaired) electrons. The van der Waals surface area contributed by atoms with Gasteiger partial charge in [-0.1, -0.05) is 22.0 Å². The molecule has 1 heterocycles. The number of rotatable bonds is 2. The third-order valence-electron chi connectivity index (χ3n) is 2.47. The monoisotopic (exact) mass is 276 g/mol.